The third kappa shape index (κ3) is 5.02. The predicted molar refractivity (Wildman–Crippen MR) is 85.3 cm³/mol. The standard InChI is InChI=1S/C18H26O4/c1-13(2)16-8-7-14(3)10-17(16)21-12-18(19)22-11-15-6-4-5-9-20-15/h7-8,10,13,15H,4-6,9,11-12H2,1-3H3. The molecule has 1 aliphatic heterocycles. The zero-order valence-electron chi connectivity index (χ0n) is 13.8. The Morgan fingerprint density at radius 3 is 2.86 bits per heavy atom. The molecule has 2 rings (SSSR count). The zero-order chi connectivity index (χ0) is 15.9. The second-order valence-corrected chi connectivity index (χ2v) is 6.16. The lowest BCUT2D eigenvalue weighted by atomic mass is 10.0. The quantitative estimate of drug-likeness (QED) is 0.753. The minimum Gasteiger partial charge on any atom is -0.482 e. The maximum Gasteiger partial charge on any atom is 0.344 e. The van der Waals surface area contributed by atoms with E-state index in [-0.39, 0.29) is 18.7 Å². The van der Waals surface area contributed by atoms with E-state index in [9.17, 15) is 4.79 Å². The van der Waals surface area contributed by atoms with Crippen molar-refractivity contribution in [1.29, 1.82) is 0 Å². The lowest BCUT2D eigenvalue weighted by Crippen LogP contribution is -2.27. The van der Waals surface area contributed by atoms with Crippen molar-refractivity contribution in [3.8, 4) is 5.75 Å². The molecule has 0 aromatic heterocycles. The number of hydrogen-bond acceptors (Lipinski definition) is 4. The summed E-state index contributed by atoms with van der Waals surface area (Å²) in [6.07, 6.45) is 3.24. The van der Waals surface area contributed by atoms with Gasteiger partial charge in [-0.2, -0.15) is 0 Å². The Hall–Kier alpha value is -1.55. The molecule has 0 saturated carbocycles. The number of aryl methyl sites for hydroxylation is 1. The minimum absolute atomic E-state index is 0.0443. The van der Waals surface area contributed by atoms with Crippen LogP contribution < -0.4 is 4.74 Å². The average Bonchev–Trinajstić information content (AvgIpc) is 2.51. The molecule has 0 bridgehead atoms. The summed E-state index contributed by atoms with van der Waals surface area (Å²) in [7, 11) is 0. The predicted octanol–water partition coefficient (Wildman–Crippen LogP) is 3.61. The van der Waals surface area contributed by atoms with Crippen LogP contribution in [0, 0.1) is 6.92 Å². The normalized spacial score (nSPS) is 18.3. The van der Waals surface area contributed by atoms with Crippen molar-refractivity contribution in [2.45, 2.75) is 52.1 Å². The topological polar surface area (TPSA) is 44.8 Å². The molecule has 1 fully saturated rings. The summed E-state index contributed by atoms with van der Waals surface area (Å²) in [5.74, 6) is 0.772. The smallest absolute Gasteiger partial charge is 0.344 e. The first-order valence-corrected chi connectivity index (χ1v) is 8.07. The second kappa shape index (κ2) is 8.18. The fourth-order valence-corrected chi connectivity index (χ4v) is 2.55. The SMILES string of the molecule is Cc1ccc(C(C)C)c(OCC(=O)OCC2CCCCO2)c1. The van der Waals surface area contributed by atoms with Crippen LogP contribution in [0.4, 0.5) is 0 Å². The van der Waals surface area contributed by atoms with Crippen molar-refractivity contribution in [1.82, 2.24) is 0 Å². The van der Waals surface area contributed by atoms with Gasteiger partial charge in [0.15, 0.2) is 6.61 Å². The number of carbonyl (C=O) groups excluding carboxylic acids is 1. The van der Waals surface area contributed by atoms with Crippen molar-refractivity contribution in [3.63, 3.8) is 0 Å². The zero-order valence-corrected chi connectivity index (χ0v) is 13.8. The van der Waals surface area contributed by atoms with Crippen LogP contribution in [0.5, 0.6) is 5.75 Å². The van der Waals surface area contributed by atoms with Gasteiger partial charge in [-0.05, 0) is 49.3 Å². The van der Waals surface area contributed by atoms with Gasteiger partial charge in [0.2, 0.25) is 0 Å². The summed E-state index contributed by atoms with van der Waals surface area (Å²) >= 11 is 0. The second-order valence-electron chi connectivity index (χ2n) is 6.16. The molecular weight excluding hydrogens is 280 g/mol. The third-order valence-electron chi connectivity index (χ3n) is 3.84. The Balaban J connectivity index is 1.81. The van der Waals surface area contributed by atoms with Gasteiger partial charge in [-0.25, -0.2) is 4.79 Å². The van der Waals surface area contributed by atoms with Gasteiger partial charge < -0.3 is 14.2 Å². The monoisotopic (exact) mass is 306 g/mol. The molecule has 1 aromatic rings. The van der Waals surface area contributed by atoms with Gasteiger partial charge in [-0.1, -0.05) is 26.0 Å². The Labute approximate surface area is 132 Å². The summed E-state index contributed by atoms with van der Waals surface area (Å²) in [6.45, 7) is 7.25. The van der Waals surface area contributed by atoms with Crippen LogP contribution in [0.2, 0.25) is 0 Å². The van der Waals surface area contributed by atoms with Gasteiger partial charge in [-0.15, -0.1) is 0 Å². The summed E-state index contributed by atoms with van der Waals surface area (Å²) in [5, 5.41) is 0. The summed E-state index contributed by atoms with van der Waals surface area (Å²) < 4.78 is 16.4. The highest BCUT2D eigenvalue weighted by atomic mass is 16.6. The Morgan fingerprint density at radius 1 is 1.36 bits per heavy atom. The third-order valence-corrected chi connectivity index (χ3v) is 3.84. The van der Waals surface area contributed by atoms with Gasteiger partial charge in [-0.3, -0.25) is 0 Å². The van der Waals surface area contributed by atoms with Crippen molar-refractivity contribution >= 4 is 5.97 Å². The highest BCUT2D eigenvalue weighted by Crippen LogP contribution is 2.27. The van der Waals surface area contributed by atoms with E-state index in [0.717, 1.165) is 42.7 Å². The maximum absolute atomic E-state index is 11.8. The van der Waals surface area contributed by atoms with Crippen molar-refractivity contribution in [2.24, 2.45) is 0 Å². The van der Waals surface area contributed by atoms with Crippen LogP contribution in [-0.4, -0.2) is 31.9 Å². The molecule has 0 radical (unpaired) electrons. The van der Waals surface area contributed by atoms with E-state index in [4.69, 9.17) is 14.2 Å². The molecule has 1 heterocycles. The number of carbonyl (C=O) groups is 1. The lowest BCUT2D eigenvalue weighted by molar-refractivity contribution is -0.151. The van der Waals surface area contributed by atoms with E-state index in [2.05, 4.69) is 26.0 Å². The molecule has 22 heavy (non-hydrogen) atoms. The summed E-state index contributed by atoms with van der Waals surface area (Å²) in [6, 6.07) is 6.07. The van der Waals surface area contributed by atoms with E-state index in [1.807, 2.05) is 13.0 Å². The van der Waals surface area contributed by atoms with Gasteiger partial charge >= 0.3 is 5.97 Å². The first-order chi connectivity index (χ1) is 10.6. The molecule has 1 aliphatic rings. The average molecular weight is 306 g/mol. The molecule has 1 aromatic carbocycles. The van der Waals surface area contributed by atoms with Crippen LogP contribution in [0.15, 0.2) is 18.2 Å². The molecule has 1 saturated heterocycles. The summed E-state index contributed by atoms with van der Waals surface area (Å²) in [5.41, 5.74) is 2.22. The number of esters is 1. The number of ether oxygens (including phenoxy) is 3. The first-order valence-electron chi connectivity index (χ1n) is 8.07. The Kier molecular flexibility index (Phi) is 6.25. The fourth-order valence-electron chi connectivity index (χ4n) is 2.55. The van der Waals surface area contributed by atoms with Crippen molar-refractivity contribution in [2.75, 3.05) is 19.8 Å². The molecular formula is C18H26O4. The number of rotatable bonds is 6. The minimum atomic E-state index is -0.342. The summed E-state index contributed by atoms with van der Waals surface area (Å²) in [4.78, 5) is 11.8. The molecule has 0 amide bonds. The molecule has 0 aliphatic carbocycles. The Morgan fingerprint density at radius 2 is 2.18 bits per heavy atom. The van der Waals surface area contributed by atoms with Gasteiger partial charge in [0.25, 0.3) is 0 Å². The van der Waals surface area contributed by atoms with Crippen LogP contribution in [0.3, 0.4) is 0 Å². The molecule has 0 N–H and O–H groups in total. The highest BCUT2D eigenvalue weighted by molar-refractivity contribution is 5.71. The fraction of sp³-hybridized carbons (Fsp3) is 0.611. The molecule has 4 nitrogen and oxygen atoms in total. The van der Waals surface area contributed by atoms with Crippen LogP contribution in [0.1, 0.15) is 50.2 Å². The van der Waals surface area contributed by atoms with Crippen LogP contribution in [-0.2, 0) is 14.3 Å². The number of benzene rings is 1. The van der Waals surface area contributed by atoms with Gasteiger partial charge in [0.05, 0.1) is 6.10 Å². The van der Waals surface area contributed by atoms with E-state index in [1.165, 1.54) is 0 Å². The van der Waals surface area contributed by atoms with E-state index >= 15 is 0 Å². The lowest BCUT2D eigenvalue weighted by Gasteiger charge is -2.22. The highest BCUT2D eigenvalue weighted by Gasteiger charge is 2.16. The number of hydrogen-bond donors (Lipinski definition) is 0. The molecule has 1 atom stereocenters. The van der Waals surface area contributed by atoms with E-state index in [0.29, 0.717) is 12.5 Å². The van der Waals surface area contributed by atoms with Crippen LogP contribution >= 0.6 is 0 Å². The molecule has 1 unspecified atom stereocenters. The van der Waals surface area contributed by atoms with E-state index < -0.39 is 0 Å². The van der Waals surface area contributed by atoms with Crippen molar-refractivity contribution < 1.29 is 19.0 Å². The van der Waals surface area contributed by atoms with Crippen LogP contribution in [0.25, 0.3) is 0 Å². The first kappa shape index (κ1) is 16.8. The van der Waals surface area contributed by atoms with Gasteiger partial charge in [0, 0.05) is 6.61 Å². The molecule has 122 valence electrons. The molecule has 0 spiro atoms. The van der Waals surface area contributed by atoms with Crippen molar-refractivity contribution in [3.05, 3.63) is 29.3 Å². The molecule has 4 heteroatoms. The van der Waals surface area contributed by atoms with Gasteiger partial charge in [0.1, 0.15) is 12.4 Å². The Bertz CT molecular complexity index is 490. The van der Waals surface area contributed by atoms with E-state index in [1.54, 1.807) is 0 Å². The maximum atomic E-state index is 11.8. The largest absolute Gasteiger partial charge is 0.482 e.